The van der Waals surface area contributed by atoms with E-state index < -0.39 is 5.97 Å². The molecule has 1 aromatic carbocycles. The topological polar surface area (TPSA) is 70.3 Å². The molecule has 78 valence electrons. The Kier molecular flexibility index (Phi) is 3.29. The molecule has 0 unspecified atom stereocenters. The molecule has 0 saturated heterocycles. The van der Waals surface area contributed by atoms with Crippen LogP contribution in [0.1, 0.15) is 28.4 Å². The number of phenolic OH excluding ortho intramolecular Hbond substituents is 1. The maximum absolute atomic E-state index is 11.4. The number of benzene rings is 1. The van der Waals surface area contributed by atoms with Crippen LogP contribution in [0.15, 0.2) is 12.1 Å². The second-order valence-corrected chi connectivity index (χ2v) is 3.00. The lowest BCUT2D eigenvalue weighted by atomic mass is 10.0. The van der Waals surface area contributed by atoms with Crippen molar-refractivity contribution in [3.63, 3.8) is 0 Å². The summed E-state index contributed by atoms with van der Waals surface area (Å²) < 4.78 is 4.80. The van der Waals surface area contributed by atoms with Crippen molar-refractivity contribution in [2.75, 3.05) is 6.61 Å². The van der Waals surface area contributed by atoms with Crippen LogP contribution in [0.25, 0.3) is 0 Å². The average molecular weight is 205 g/mol. The predicted molar refractivity (Wildman–Crippen MR) is 53.5 cm³/mol. The van der Waals surface area contributed by atoms with Gasteiger partial charge in [0.15, 0.2) is 0 Å². The fraction of sp³-hybridized carbons (Fsp3) is 0.273. The van der Waals surface area contributed by atoms with Crippen molar-refractivity contribution >= 4 is 5.97 Å². The van der Waals surface area contributed by atoms with Gasteiger partial charge in [-0.15, -0.1) is 0 Å². The van der Waals surface area contributed by atoms with E-state index in [1.54, 1.807) is 13.8 Å². The summed E-state index contributed by atoms with van der Waals surface area (Å²) in [5.41, 5.74) is 0.891. The largest absolute Gasteiger partial charge is 0.508 e. The number of ether oxygens (including phenoxy) is 1. The highest BCUT2D eigenvalue weighted by atomic mass is 16.5. The van der Waals surface area contributed by atoms with Crippen molar-refractivity contribution in [2.45, 2.75) is 13.8 Å². The Labute approximate surface area is 87.7 Å². The highest BCUT2D eigenvalue weighted by molar-refractivity contribution is 5.92. The minimum absolute atomic E-state index is 0.0721. The quantitative estimate of drug-likeness (QED) is 0.746. The van der Waals surface area contributed by atoms with Crippen LogP contribution in [0.2, 0.25) is 0 Å². The molecular weight excluding hydrogens is 194 g/mol. The lowest BCUT2D eigenvalue weighted by molar-refractivity contribution is 0.0525. The zero-order valence-electron chi connectivity index (χ0n) is 8.57. The zero-order valence-corrected chi connectivity index (χ0v) is 8.57. The van der Waals surface area contributed by atoms with Gasteiger partial charge in [-0.3, -0.25) is 0 Å². The molecule has 0 bridgehead atoms. The summed E-state index contributed by atoms with van der Waals surface area (Å²) in [5, 5.41) is 18.1. The molecule has 0 saturated carbocycles. The first-order valence-corrected chi connectivity index (χ1v) is 4.51. The van der Waals surface area contributed by atoms with Crippen molar-refractivity contribution < 1.29 is 14.6 Å². The number of carbonyl (C=O) groups is 1. The SMILES string of the molecule is CCOC(=O)c1cc(C#N)cc(O)c1C. The fourth-order valence-electron chi connectivity index (χ4n) is 1.18. The van der Waals surface area contributed by atoms with Crippen LogP contribution in [0.3, 0.4) is 0 Å². The summed E-state index contributed by atoms with van der Waals surface area (Å²) in [5.74, 6) is -0.598. The van der Waals surface area contributed by atoms with E-state index in [2.05, 4.69) is 0 Å². The summed E-state index contributed by atoms with van der Waals surface area (Å²) in [4.78, 5) is 11.4. The molecule has 1 N–H and O–H groups in total. The highest BCUT2D eigenvalue weighted by Gasteiger charge is 2.14. The Bertz CT molecular complexity index is 432. The van der Waals surface area contributed by atoms with Crippen LogP contribution in [0, 0.1) is 18.3 Å². The number of hydrogen-bond donors (Lipinski definition) is 1. The molecule has 0 aliphatic carbocycles. The number of carbonyl (C=O) groups excluding carboxylic acids is 1. The van der Waals surface area contributed by atoms with E-state index in [-0.39, 0.29) is 23.5 Å². The number of esters is 1. The summed E-state index contributed by atoms with van der Waals surface area (Å²) in [6, 6.07) is 4.59. The van der Waals surface area contributed by atoms with Gasteiger partial charge in [-0.1, -0.05) is 0 Å². The first kappa shape index (κ1) is 11.1. The van der Waals surface area contributed by atoms with Crippen molar-refractivity contribution in [3.05, 3.63) is 28.8 Å². The molecule has 1 aromatic rings. The second-order valence-electron chi connectivity index (χ2n) is 3.00. The Hall–Kier alpha value is -2.02. The molecule has 0 aliphatic heterocycles. The maximum atomic E-state index is 11.4. The molecule has 1 rings (SSSR count). The third-order valence-electron chi connectivity index (χ3n) is 2.00. The van der Waals surface area contributed by atoms with Crippen LogP contribution < -0.4 is 0 Å². The summed E-state index contributed by atoms with van der Waals surface area (Å²) in [6.45, 7) is 3.56. The molecule has 4 heteroatoms. The molecule has 0 heterocycles. The molecule has 0 aliphatic rings. The third-order valence-corrected chi connectivity index (χ3v) is 2.00. The number of hydrogen-bond acceptors (Lipinski definition) is 4. The smallest absolute Gasteiger partial charge is 0.338 e. The minimum Gasteiger partial charge on any atom is -0.508 e. The number of aromatic hydroxyl groups is 1. The van der Waals surface area contributed by atoms with Gasteiger partial charge in [0.25, 0.3) is 0 Å². The van der Waals surface area contributed by atoms with E-state index in [1.807, 2.05) is 6.07 Å². The Balaban J connectivity index is 3.23. The average Bonchev–Trinajstić information content (AvgIpc) is 2.22. The van der Waals surface area contributed by atoms with Gasteiger partial charge in [0.2, 0.25) is 0 Å². The highest BCUT2D eigenvalue weighted by Crippen LogP contribution is 2.22. The Morgan fingerprint density at radius 2 is 2.27 bits per heavy atom. The molecule has 0 spiro atoms. The van der Waals surface area contributed by atoms with Gasteiger partial charge in [0.1, 0.15) is 5.75 Å². The van der Waals surface area contributed by atoms with Crippen LogP contribution in [0.4, 0.5) is 0 Å². The maximum Gasteiger partial charge on any atom is 0.338 e. The second kappa shape index (κ2) is 4.47. The lowest BCUT2D eigenvalue weighted by Gasteiger charge is -2.07. The monoisotopic (exact) mass is 205 g/mol. The van der Waals surface area contributed by atoms with E-state index in [4.69, 9.17) is 10.00 Å². The number of rotatable bonds is 2. The molecule has 0 fully saturated rings. The molecule has 0 atom stereocenters. The Morgan fingerprint density at radius 1 is 1.60 bits per heavy atom. The molecular formula is C11H11NO3. The summed E-state index contributed by atoms with van der Waals surface area (Å²) in [7, 11) is 0. The van der Waals surface area contributed by atoms with Crippen LogP contribution in [-0.4, -0.2) is 17.7 Å². The Morgan fingerprint density at radius 3 is 2.80 bits per heavy atom. The van der Waals surface area contributed by atoms with Crippen molar-refractivity contribution in [1.29, 1.82) is 5.26 Å². The van der Waals surface area contributed by atoms with E-state index >= 15 is 0 Å². The van der Waals surface area contributed by atoms with Gasteiger partial charge in [-0.2, -0.15) is 5.26 Å². The number of phenols is 1. The van der Waals surface area contributed by atoms with Crippen LogP contribution in [-0.2, 0) is 4.74 Å². The van der Waals surface area contributed by atoms with Gasteiger partial charge in [0, 0.05) is 5.56 Å². The number of nitrogens with zero attached hydrogens (tertiary/aromatic N) is 1. The number of nitriles is 1. The van der Waals surface area contributed by atoms with E-state index in [1.165, 1.54) is 12.1 Å². The third kappa shape index (κ3) is 2.26. The van der Waals surface area contributed by atoms with Crippen molar-refractivity contribution in [1.82, 2.24) is 0 Å². The summed E-state index contributed by atoms with van der Waals surface area (Å²) >= 11 is 0. The first-order chi connectivity index (χ1) is 7.10. The molecule has 15 heavy (non-hydrogen) atoms. The van der Waals surface area contributed by atoms with Gasteiger partial charge < -0.3 is 9.84 Å². The van der Waals surface area contributed by atoms with E-state index in [9.17, 15) is 9.90 Å². The molecule has 0 amide bonds. The van der Waals surface area contributed by atoms with E-state index in [0.717, 1.165) is 0 Å². The van der Waals surface area contributed by atoms with Crippen molar-refractivity contribution in [2.24, 2.45) is 0 Å². The van der Waals surface area contributed by atoms with Crippen LogP contribution >= 0.6 is 0 Å². The molecule has 4 nitrogen and oxygen atoms in total. The van der Waals surface area contributed by atoms with Gasteiger partial charge in [0.05, 0.1) is 23.8 Å². The van der Waals surface area contributed by atoms with Crippen LogP contribution in [0.5, 0.6) is 5.75 Å². The van der Waals surface area contributed by atoms with Gasteiger partial charge in [-0.25, -0.2) is 4.79 Å². The minimum atomic E-state index is -0.526. The standard InChI is InChI=1S/C11H11NO3/c1-3-15-11(14)9-4-8(6-12)5-10(13)7(9)2/h4-5,13H,3H2,1-2H3. The van der Waals surface area contributed by atoms with Gasteiger partial charge >= 0.3 is 5.97 Å². The zero-order chi connectivity index (χ0) is 11.4. The fourth-order valence-corrected chi connectivity index (χ4v) is 1.18. The predicted octanol–water partition coefficient (Wildman–Crippen LogP) is 1.75. The molecule has 0 aromatic heterocycles. The van der Waals surface area contributed by atoms with Crippen molar-refractivity contribution in [3.8, 4) is 11.8 Å². The summed E-state index contributed by atoms with van der Waals surface area (Å²) in [6.07, 6.45) is 0. The molecule has 0 radical (unpaired) electrons. The van der Waals surface area contributed by atoms with E-state index in [0.29, 0.717) is 5.56 Å². The normalized spacial score (nSPS) is 9.40. The van der Waals surface area contributed by atoms with Gasteiger partial charge in [-0.05, 0) is 26.0 Å². The first-order valence-electron chi connectivity index (χ1n) is 4.51. The lowest BCUT2D eigenvalue weighted by Crippen LogP contribution is -2.07.